The third kappa shape index (κ3) is 3.34. The number of thiophene rings is 1. The van der Waals surface area contributed by atoms with Gasteiger partial charge in [0.15, 0.2) is 0 Å². The van der Waals surface area contributed by atoms with E-state index in [1.54, 1.807) is 11.3 Å². The van der Waals surface area contributed by atoms with Crippen LogP contribution in [0.2, 0.25) is 0 Å². The maximum absolute atomic E-state index is 6.21. The molecule has 0 spiro atoms. The smallest absolute Gasteiger partial charge is 0.0504 e. The Bertz CT molecular complexity index is 326. The molecular weight excluding hydrogens is 240 g/mol. The molecule has 0 aliphatic carbocycles. The molecule has 102 valence electrons. The molecule has 0 saturated carbocycles. The van der Waals surface area contributed by atoms with Crippen LogP contribution in [0.5, 0.6) is 0 Å². The molecule has 0 bridgehead atoms. The quantitative estimate of drug-likeness (QED) is 0.881. The second-order valence-corrected chi connectivity index (χ2v) is 6.41. The van der Waals surface area contributed by atoms with Crippen molar-refractivity contribution in [1.82, 2.24) is 4.90 Å². The third-order valence-electron chi connectivity index (χ3n) is 4.12. The van der Waals surface area contributed by atoms with E-state index < -0.39 is 0 Å². The molecule has 1 aliphatic rings. The zero-order valence-corrected chi connectivity index (χ0v) is 12.5. The molecule has 3 heteroatoms. The Morgan fingerprint density at radius 3 is 2.67 bits per heavy atom. The van der Waals surface area contributed by atoms with Crippen LogP contribution in [0.25, 0.3) is 0 Å². The third-order valence-corrected chi connectivity index (χ3v) is 4.82. The maximum atomic E-state index is 6.21. The van der Waals surface area contributed by atoms with Crippen LogP contribution in [-0.4, -0.2) is 24.0 Å². The van der Waals surface area contributed by atoms with Crippen molar-refractivity contribution in [2.45, 2.75) is 51.6 Å². The van der Waals surface area contributed by atoms with Crippen molar-refractivity contribution < 1.29 is 0 Å². The van der Waals surface area contributed by atoms with Gasteiger partial charge in [0.05, 0.1) is 6.04 Å². The molecule has 0 aromatic carbocycles. The van der Waals surface area contributed by atoms with E-state index in [1.165, 1.54) is 44.3 Å². The van der Waals surface area contributed by atoms with Crippen molar-refractivity contribution in [2.75, 3.05) is 13.1 Å². The summed E-state index contributed by atoms with van der Waals surface area (Å²) < 4.78 is 0. The summed E-state index contributed by atoms with van der Waals surface area (Å²) in [6.07, 6.45) is 5.42. The van der Waals surface area contributed by atoms with Crippen LogP contribution in [0, 0.1) is 5.92 Å². The summed E-state index contributed by atoms with van der Waals surface area (Å²) in [5.74, 6) is 0.947. The van der Waals surface area contributed by atoms with Gasteiger partial charge in [-0.05, 0) is 61.2 Å². The minimum Gasteiger partial charge on any atom is -0.326 e. The van der Waals surface area contributed by atoms with Crippen LogP contribution < -0.4 is 5.73 Å². The summed E-state index contributed by atoms with van der Waals surface area (Å²) in [5.41, 5.74) is 7.62. The summed E-state index contributed by atoms with van der Waals surface area (Å²) >= 11 is 1.78. The first-order valence-electron chi connectivity index (χ1n) is 7.24. The Morgan fingerprint density at radius 1 is 1.44 bits per heavy atom. The van der Waals surface area contributed by atoms with Gasteiger partial charge in [0, 0.05) is 6.04 Å². The van der Waals surface area contributed by atoms with Crippen LogP contribution in [0.3, 0.4) is 0 Å². The summed E-state index contributed by atoms with van der Waals surface area (Å²) in [4.78, 5) is 2.60. The highest BCUT2D eigenvalue weighted by Crippen LogP contribution is 2.31. The Kier molecular flexibility index (Phi) is 5.22. The van der Waals surface area contributed by atoms with Gasteiger partial charge in [-0.25, -0.2) is 0 Å². The Labute approximate surface area is 115 Å². The van der Waals surface area contributed by atoms with Gasteiger partial charge in [0.2, 0.25) is 0 Å². The van der Waals surface area contributed by atoms with Gasteiger partial charge >= 0.3 is 0 Å². The van der Waals surface area contributed by atoms with Crippen LogP contribution >= 0.6 is 11.3 Å². The van der Waals surface area contributed by atoms with E-state index in [2.05, 4.69) is 35.6 Å². The van der Waals surface area contributed by atoms with Gasteiger partial charge in [-0.1, -0.05) is 19.8 Å². The van der Waals surface area contributed by atoms with Crippen LogP contribution in [0.15, 0.2) is 16.8 Å². The molecule has 0 amide bonds. The first kappa shape index (κ1) is 14.0. The Balaban J connectivity index is 1.97. The highest BCUT2D eigenvalue weighted by Gasteiger charge is 2.28. The molecule has 2 unspecified atom stereocenters. The SMILES string of the molecule is CCCC1CCN(C(c2ccsc2)C(C)N)CC1. The standard InChI is InChI=1S/C15H26N2S/c1-3-4-13-5-8-17(9-6-13)15(12(2)16)14-7-10-18-11-14/h7,10-13,15H,3-6,8-9,16H2,1-2H3. The zero-order valence-electron chi connectivity index (χ0n) is 11.6. The predicted molar refractivity (Wildman–Crippen MR) is 79.9 cm³/mol. The average molecular weight is 266 g/mol. The second-order valence-electron chi connectivity index (χ2n) is 5.63. The lowest BCUT2D eigenvalue weighted by Gasteiger charge is -2.39. The highest BCUT2D eigenvalue weighted by atomic mass is 32.1. The Morgan fingerprint density at radius 2 is 2.17 bits per heavy atom. The number of piperidine rings is 1. The number of hydrogen-bond acceptors (Lipinski definition) is 3. The molecule has 1 aromatic rings. The van der Waals surface area contributed by atoms with Gasteiger partial charge in [-0.3, -0.25) is 4.90 Å². The largest absolute Gasteiger partial charge is 0.326 e. The first-order valence-corrected chi connectivity index (χ1v) is 8.18. The fourth-order valence-corrected chi connectivity index (χ4v) is 3.91. The van der Waals surface area contributed by atoms with E-state index in [4.69, 9.17) is 5.73 Å². The highest BCUT2D eigenvalue weighted by molar-refractivity contribution is 7.07. The van der Waals surface area contributed by atoms with E-state index in [-0.39, 0.29) is 6.04 Å². The van der Waals surface area contributed by atoms with Crippen LogP contribution in [0.1, 0.15) is 51.1 Å². The maximum Gasteiger partial charge on any atom is 0.0504 e. The van der Waals surface area contributed by atoms with Crippen molar-refractivity contribution in [2.24, 2.45) is 11.7 Å². The van der Waals surface area contributed by atoms with E-state index >= 15 is 0 Å². The van der Waals surface area contributed by atoms with Crippen LogP contribution in [-0.2, 0) is 0 Å². The van der Waals surface area contributed by atoms with E-state index in [0.717, 1.165) is 5.92 Å². The number of nitrogens with two attached hydrogens (primary N) is 1. The van der Waals surface area contributed by atoms with Crippen molar-refractivity contribution in [3.8, 4) is 0 Å². The summed E-state index contributed by atoms with van der Waals surface area (Å²) in [5, 5.41) is 4.42. The molecule has 1 fully saturated rings. The van der Waals surface area contributed by atoms with E-state index in [9.17, 15) is 0 Å². The molecule has 1 saturated heterocycles. The first-order chi connectivity index (χ1) is 8.72. The normalized spacial score (nSPS) is 21.9. The minimum atomic E-state index is 0.210. The number of rotatable bonds is 5. The van der Waals surface area contributed by atoms with E-state index in [0.29, 0.717) is 6.04 Å². The second kappa shape index (κ2) is 6.69. The molecule has 1 aliphatic heterocycles. The van der Waals surface area contributed by atoms with E-state index in [1.807, 2.05) is 0 Å². The zero-order chi connectivity index (χ0) is 13.0. The molecule has 2 N–H and O–H groups in total. The van der Waals surface area contributed by atoms with Crippen molar-refractivity contribution in [3.63, 3.8) is 0 Å². The molecule has 18 heavy (non-hydrogen) atoms. The average Bonchev–Trinajstić information content (AvgIpc) is 2.85. The lowest BCUT2D eigenvalue weighted by atomic mass is 9.90. The topological polar surface area (TPSA) is 29.3 Å². The summed E-state index contributed by atoms with van der Waals surface area (Å²) in [6.45, 7) is 6.86. The summed E-state index contributed by atoms with van der Waals surface area (Å²) in [6, 6.07) is 2.86. The number of hydrogen-bond donors (Lipinski definition) is 1. The van der Waals surface area contributed by atoms with Gasteiger partial charge in [0.25, 0.3) is 0 Å². The number of likely N-dealkylation sites (tertiary alicyclic amines) is 1. The van der Waals surface area contributed by atoms with Crippen LogP contribution in [0.4, 0.5) is 0 Å². The predicted octanol–water partition coefficient (Wildman–Crippen LogP) is 3.65. The molecule has 2 atom stereocenters. The van der Waals surface area contributed by atoms with Gasteiger partial charge in [0.1, 0.15) is 0 Å². The fourth-order valence-electron chi connectivity index (χ4n) is 3.22. The lowest BCUT2D eigenvalue weighted by molar-refractivity contribution is 0.116. The summed E-state index contributed by atoms with van der Waals surface area (Å²) in [7, 11) is 0. The Hall–Kier alpha value is -0.380. The molecular formula is C15H26N2S. The number of nitrogens with zero attached hydrogens (tertiary/aromatic N) is 1. The van der Waals surface area contributed by atoms with Crippen molar-refractivity contribution in [1.29, 1.82) is 0 Å². The molecule has 1 aromatic heterocycles. The van der Waals surface area contributed by atoms with Gasteiger partial charge < -0.3 is 5.73 Å². The molecule has 2 rings (SSSR count). The molecule has 0 radical (unpaired) electrons. The minimum absolute atomic E-state index is 0.210. The monoisotopic (exact) mass is 266 g/mol. The molecule has 2 nitrogen and oxygen atoms in total. The lowest BCUT2D eigenvalue weighted by Crippen LogP contribution is -2.43. The van der Waals surface area contributed by atoms with Gasteiger partial charge in [-0.15, -0.1) is 0 Å². The van der Waals surface area contributed by atoms with Gasteiger partial charge in [-0.2, -0.15) is 11.3 Å². The molecule has 2 heterocycles. The van der Waals surface area contributed by atoms with Crippen molar-refractivity contribution in [3.05, 3.63) is 22.4 Å². The fraction of sp³-hybridized carbons (Fsp3) is 0.733. The van der Waals surface area contributed by atoms with Crippen molar-refractivity contribution >= 4 is 11.3 Å².